The number of benzene rings is 2. The van der Waals surface area contributed by atoms with Gasteiger partial charge in [0.15, 0.2) is 0 Å². The molecule has 0 amide bonds. The minimum absolute atomic E-state index is 0.00345. The number of hydrogen-bond acceptors (Lipinski definition) is 2. The molecule has 2 aromatic rings. The van der Waals surface area contributed by atoms with E-state index in [4.69, 9.17) is 11.6 Å². The lowest BCUT2D eigenvalue weighted by molar-refractivity contribution is -0.103. The largest absolute Gasteiger partial charge is 0.385 e. The summed E-state index contributed by atoms with van der Waals surface area (Å²) in [5.41, 5.74) is 0.401. The summed E-state index contributed by atoms with van der Waals surface area (Å²) >= 11 is 5.90. The average molecular weight is 366 g/mol. The van der Waals surface area contributed by atoms with Crippen LogP contribution in [-0.4, -0.2) is 29.0 Å². The van der Waals surface area contributed by atoms with Crippen LogP contribution in [0.4, 0.5) is 8.78 Å². The molecule has 0 unspecified atom stereocenters. The smallest absolute Gasteiger partial charge is 0.254 e. The third-order valence-corrected chi connectivity index (χ3v) is 5.46. The first-order valence-corrected chi connectivity index (χ1v) is 8.86. The topological polar surface area (TPSA) is 23.5 Å². The van der Waals surface area contributed by atoms with Crippen molar-refractivity contribution in [1.29, 1.82) is 0 Å². The van der Waals surface area contributed by atoms with E-state index in [0.29, 0.717) is 23.6 Å². The molecule has 1 N–H and O–H groups in total. The molecule has 1 aliphatic heterocycles. The molecule has 134 valence electrons. The van der Waals surface area contributed by atoms with Gasteiger partial charge in [0.25, 0.3) is 6.43 Å². The number of hydrogen-bond donors (Lipinski definition) is 1. The Labute approximate surface area is 152 Å². The minimum atomic E-state index is -2.52. The molecule has 0 radical (unpaired) electrons. The molecule has 2 aromatic carbocycles. The Morgan fingerprint density at radius 3 is 2.36 bits per heavy atom. The Bertz CT molecular complexity index is 695. The number of rotatable bonds is 4. The Hall–Kier alpha value is -1.49. The first-order chi connectivity index (χ1) is 11.9. The standard InChI is InChI=1S/C20H22ClF2NO/c1-14(15-5-3-2-4-6-15)24-12-11-20(25,13-18(24)19(22)23)16-7-9-17(21)10-8-16/h2-10,14,18-19,25H,11-13H2,1H3/t14-,18+,20+/m1/s1. The van der Waals surface area contributed by atoms with Crippen molar-refractivity contribution in [3.8, 4) is 0 Å². The van der Waals surface area contributed by atoms with E-state index in [0.717, 1.165) is 5.56 Å². The molecule has 1 saturated heterocycles. The first-order valence-electron chi connectivity index (χ1n) is 8.48. The third-order valence-electron chi connectivity index (χ3n) is 5.21. The van der Waals surface area contributed by atoms with Crippen molar-refractivity contribution in [2.75, 3.05) is 6.54 Å². The van der Waals surface area contributed by atoms with Gasteiger partial charge < -0.3 is 5.11 Å². The van der Waals surface area contributed by atoms with Crippen molar-refractivity contribution in [3.05, 3.63) is 70.7 Å². The highest BCUT2D eigenvalue weighted by Gasteiger charge is 2.44. The number of piperidine rings is 1. The van der Waals surface area contributed by atoms with Crippen molar-refractivity contribution in [3.63, 3.8) is 0 Å². The quantitative estimate of drug-likeness (QED) is 0.822. The summed E-state index contributed by atoms with van der Waals surface area (Å²) in [4.78, 5) is 1.81. The number of likely N-dealkylation sites (tertiary alicyclic amines) is 1. The van der Waals surface area contributed by atoms with Crippen LogP contribution in [0.3, 0.4) is 0 Å². The van der Waals surface area contributed by atoms with E-state index in [2.05, 4.69) is 0 Å². The number of alkyl halides is 2. The Morgan fingerprint density at radius 1 is 1.12 bits per heavy atom. The Kier molecular flexibility index (Phi) is 5.42. The summed E-state index contributed by atoms with van der Waals surface area (Å²) in [6.07, 6.45) is -2.11. The van der Waals surface area contributed by atoms with Crippen LogP contribution >= 0.6 is 11.6 Å². The van der Waals surface area contributed by atoms with E-state index < -0.39 is 18.1 Å². The van der Waals surface area contributed by atoms with Gasteiger partial charge in [0, 0.05) is 24.0 Å². The molecular formula is C20H22ClF2NO. The number of nitrogens with zero attached hydrogens (tertiary/aromatic N) is 1. The monoisotopic (exact) mass is 365 g/mol. The van der Waals surface area contributed by atoms with Gasteiger partial charge in [-0.2, -0.15) is 0 Å². The van der Waals surface area contributed by atoms with E-state index in [1.54, 1.807) is 24.3 Å². The minimum Gasteiger partial charge on any atom is -0.385 e. The van der Waals surface area contributed by atoms with Gasteiger partial charge in [-0.25, -0.2) is 8.78 Å². The summed E-state index contributed by atoms with van der Waals surface area (Å²) in [6.45, 7) is 2.35. The first kappa shape index (κ1) is 18.3. The van der Waals surface area contributed by atoms with Gasteiger partial charge in [-0.05, 0) is 36.6 Å². The van der Waals surface area contributed by atoms with Crippen LogP contribution in [0, 0.1) is 0 Å². The highest BCUT2D eigenvalue weighted by atomic mass is 35.5. The van der Waals surface area contributed by atoms with Crippen molar-refractivity contribution in [1.82, 2.24) is 4.90 Å². The molecule has 5 heteroatoms. The van der Waals surface area contributed by atoms with Crippen molar-refractivity contribution < 1.29 is 13.9 Å². The summed E-state index contributed by atoms with van der Waals surface area (Å²) in [7, 11) is 0. The molecule has 3 rings (SSSR count). The normalized spacial score (nSPS) is 25.9. The molecule has 1 fully saturated rings. The summed E-state index contributed by atoms with van der Waals surface area (Å²) in [5.74, 6) is 0. The predicted octanol–water partition coefficient (Wildman–Crippen LogP) is 5.02. The van der Waals surface area contributed by atoms with E-state index in [1.807, 2.05) is 42.2 Å². The van der Waals surface area contributed by atoms with Crippen LogP contribution in [-0.2, 0) is 5.60 Å². The summed E-state index contributed by atoms with van der Waals surface area (Å²) in [6, 6.07) is 15.3. The highest BCUT2D eigenvalue weighted by molar-refractivity contribution is 6.30. The molecule has 0 spiro atoms. The fraction of sp³-hybridized carbons (Fsp3) is 0.400. The zero-order valence-electron chi connectivity index (χ0n) is 14.1. The van der Waals surface area contributed by atoms with Crippen molar-refractivity contribution >= 4 is 11.6 Å². The second-order valence-corrected chi connectivity index (χ2v) is 7.16. The number of aliphatic hydroxyl groups is 1. The van der Waals surface area contributed by atoms with Gasteiger partial charge in [-0.1, -0.05) is 54.1 Å². The molecule has 1 aliphatic rings. The van der Waals surface area contributed by atoms with Gasteiger partial charge in [0.2, 0.25) is 0 Å². The van der Waals surface area contributed by atoms with E-state index in [9.17, 15) is 13.9 Å². The van der Waals surface area contributed by atoms with Gasteiger partial charge in [-0.3, -0.25) is 4.90 Å². The lowest BCUT2D eigenvalue weighted by atomic mass is 9.80. The van der Waals surface area contributed by atoms with Crippen LogP contribution < -0.4 is 0 Å². The molecule has 25 heavy (non-hydrogen) atoms. The SMILES string of the molecule is C[C@H](c1ccccc1)N1CC[C@@](O)(c2ccc(Cl)cc2)C[C@H]1C(F)F. The van der Waals surface area contributed by atoms with E-state index >= 15 is 0 Å². The lowest BCUT2D eigenvalue weighted by Crippen LogP contribution is -2.52. The van der Waals surface area contributed by atoms with E-state index in [1.165, 1.54) is 0 Å². The second kappa shape index (κ2) is 7.40. The molecule has 2 nitrogen and oxygen atoms in total. The molecule has 0 aromatic heterocycles. The average Bonchev–Trinajstić information content (AvgIpc) is 2.62. The fourth-order valence-corrected chi connectivity index (χ4v) is 3.83. The van der Waals surface area contributed by atoms with Gasteiger partial charge >= 0.3 is 0 Å². The fourth-order valence-electron chi connectivity index (χ4n) is 3.71. The van der Waals surface area contributed by atoms with Crippen molar-refractivity contribution in [2.45, 2.75) is 43.9 Å². The zero-order valence-corrected chi connectivity index (χ0v) is 14.8. The van der Waals surface area contributed by atoms with Crippen LogP contribution in [0.25, 0.3) is 0 Å². The maximum atomic E-state index is 13.8. The summed E-state index contributed by atoms with van der Waals surface area (Å²) in [5, 5.41) is 11.6. The lowest BCUT2D eigenvalue weighted by Gasteiger charge is -2.46. The Balaban J connectivity index is 1.84. The Morgan fingerprint density at radius 2 is 1.76 bits per heavy atom. The van der Waals surface area contributed by atoms with Crippen LogP contribution in [0.1, 0.15) is 36.9 Å². The summed E-state index contributed by atoms with van der Waals surface area (Å²) < 4.78 is 27.6. The molecule has 0 saturated carbocycles. The van der Waals surface area contributed by atoms with Gasteiger partial charge in [0.05, 0.1) is 11.6 Å². The maximum Gasteiger partial charge on any atom is 0.254 e. The van der Waals surface area contributed by atoms with Gasteiger partial charge in [0.1, 0.15) is 0 Å². The van der Waals surface area contributed by atoms with Crippen LogP contribution in [0.15, 0.2) is 54.6 Å². The van der Waals surface area contributed by atoms with Crippen LogP contribution in [0.2, 0.25) is 5.02 Å². The molecule has 0 bridgehead atoms. The molecule has 3 atom stereocenters. The molecular weight excluding hydrogens is 344 g/mol. The van der Waals surface area contributed by atoms with Crippen LogP contribution in [0.5, 0.6) is 0 Å². The predicted molar refractivity (Wildman–Crippen MR) is 95.9 cm³/mol. The number of halogens is 3. The van der Waals surface area contributed by atoms with E-state index in [-0.39, 0.29) is 12.5 Å². The zero-order chi connectivity index (χ0) is 18.0. The molecule has 1 heterocycles. The molecule has 0 aliphatic carbocycles. The second-order valence-electron chi connectivity index (χ2n) is 6.72. The third kappa shape index (κ3) is 3.86. The maximum absolute atomic E-state index is 13.8. The van der Waals surface area contributed by atoms with Gasteiger partial charge in [-0.15, -0.1) is 0 Å². The van der Waals surface area contributed by atoms with Crippen molar-refractivity contribution in [2.24, 2.45) is 0 Å². The highest BCUT2D eigenvalue weighted by Crippen LogP contribution is 2.41.